The van der Waals surface area contributed by atoms with Crippen molar-refractivity contribution in [2.45, 2.75) is 24.7 Å². The molecule has 0 aliphatic carbocycles. The number of carbonyl (C=O) groups excluding carboxylic acids is 1. The van der Waals surface area contributed by atoms with E-state index in [9.17, 15) is 13.2 Å². The Balaban J connectivity index is 2.92. The molecule has 1 unspecified atom stereocenters. The second-order valence-corrected chi connectivity index (χ2v) is 6.87. The number of ketones is 1. The number of nitrogens with zero attached hydrogens (tertiary/aromatic N) is 2. The molecule has 1 aromatic carbocycles. The molecule has 5 nitrogen and oxygen atoms in total. The molecular formula is C16H16N2O3S. The lowest BCUT2D eigenvalue weighted by Gasteiger charge is -2.07. The summed E-state index contributed by atoms with van der Waals surface area (Å²) in [6.07, 6.45) is 5.26. The van der Waals surface area contributed by atoms with Crippen molar-refractivity contribution in [1.82, 2.24) is 0 Å². The summed E-state index contributed by atoms with van der Waals surface area (Å²) >= 11 is 0. The van der Waals surface area contributed by atoms with Gasteiger partial charge in [0.1, 0.15) is 5.92 Å². The summed E-state index contributed by atoms with van der Waals surface area (Å²) in [5, 5.41) is 17.6. The van der Waals surface area contributed by atoms with E-state index in [1.165, 1.54) is 19.1 Å². The predicted molar refractivity (Wildman–Crippen MR) is 81.5 cm³/mol. The van der Waals surface area contributed by atoms with Crippen molar-refractivity contribution in [1.29, 1.82) is 10.5 Å². The molecule has 0 aliphatic rings. The number of sulfone groups is 1. The second kappa shape index (κ2) is 7.53. The van der Waals surface area contributed by atoms with Crippen LogP contribution in [-0.4, -0.2) is 20.5 Å². The van der Waals surface area contributed by atoms with Gasteiger partial charge in [0.2, 0.25) is 0 Å². The highest BCUT2D eigenvalue weighted by molar-refractivity contribution is 7.90. The van der Waals surface area contributed by atoms with Crippen molar-refractivity contribution < 1.29 is 13.2 Å². The Bertz CT molecular complexity index is 781. The van der Waals surface area contributed by atoms with Crippen LogP contribution in [0.25, 0.3) is 0 Å². The molecule has 1 aromatic rings. The molecule has 0 bridgehead atoms. The maximum Gasteiger partial charge on any atom is 0.175 e. The van der Waals surface area contributed by atoms with Crippen LogP contribution < -0.4 is 0 Å². The summed E-state index contributed by atoms with van der Waals surface area (Å²) in [6, 6.07) is 8.35. The molecule has 0 spiro atoms. The summed E-state index contributed by atoms with van der Waals surface area (Å²) < 4.78 is 23.6. The molecule has 0 saturated carbocycles. The van der Waals surface area contributed by atoms with Gasteiger partial charge in [0.25, 0.3) is 0 Å². The minimum Gasteiger partial charge on any atom is -0.298 e. The number of benzene rings is 1. The molecule has 22 heavy (non-hydrogen) atoms. The Morgan fingerprint density at radius 3 is 2.55 bits per heavy atom. The molecule has 1 atom stereocenters. The SMILES string of the molecule is CC(=O)C(C#N)C=CCCc1ccc(C#N)cc1S(C)(=O)=O. The maximum absolute atomic E-state index is 11.8. The van der Waals surface area contributed by atoms with Crippen molar-refractivity contribution in [3.8, 4) is 12.1 Å². The molecule has 114 valence electrons. The Hall–Kier alpha value is -2.44. The van der Waals surface area contributed by atoms with Crippen LogP contribution in [0.1, 0.15) is 24.5 Å². The smallest absolute Gasteiger partial charge is 0.175 e. The molecule has 0 N–H and O–H groups in total. The standard InChI is InChI=1S/C16H16N2O3S/c1-12(19)15(11-18)6-4-3-5-14-8-7-13(10-17)9-16(14)22(2,20)21/h4,6-9,15H,3,5H2,1-2H3. The summed E-state index contributed by atoms with van der Waals surface area (Å²) in [6.45, 7) is 1.35. The van der Waals surface area contributed by atoms with E-state index in [0.29, 0.717) is 24.0 Å². The highest BCUT2D eigenvalue weighted by Gasteiger charge is 2.14. The third-order valence-electron chi connectivity index (χ3n) is 3.08. The minimum atomic E-state index is -3.42. The van der Waals surface area contributed by atoms with Crippen molar-refractivity contribution in [2.24, 2.45) is 5.92 Å². The van der Waals surface area contributed by atoms with Gasteiger partial charge in [-0.2, -0.15) is 10.5 Å². The molecule has 1 rings (SSSR count). The molecule has 0 amide bonds. The van der Waals surface area contributed by atoms with Crippen molar-refractivity contribution in [3.63, 3.8) is 0 Å². The van der Waals surface area contributed by atoms with Crippen LogP contribution in [0.2, 0.25) is 0 Å². The van der Waals surface area contributed by atoms with E-state index in [-0.39, 0.29) is 10.7 Å². The quantitative estimate of drug-likeness (QED) is 0.749. The first-order chi connectivity index (χ1) is 10.3. The predicted octanol–water partition coefficient (Wildman–Crippen LogP) is 2.18. The topological polar surface area (TPSA) is 98.8 Å². The van der Waals surface area contributed by atoms with Gasteiger partial charge in [-0.1, -0.05) is 18.2 Å². The molecule has 0 heterocycles. The Kier molecular flexibility index (Phi) is 6.03. The van der Waals surface area contributed by atoms with Gasteiger partial charge < -0.3 is 0 Å². The van der Waals surface area contributed by atoms with Crippen molar-refractivity contribution in [2.75, 3.05) is 6.26 Å². The van der Waals surface area contributed by atoms with Gasteiger partial charge in [0.05, 0.1) is 22.6 Å². The fourth-order valence-corrected chi connectivity index (χ4v) is 2.90. The molecule has 0 aliphatic heterocycles. The summed E-state index contributed by atoms with van der Waals surface area (Å²) in [4.78, 5) is 11.3. The lowest BCUT2D eigenvalue weighted by Crippen LogP contribution is -2.05. The Morgan fingerprint density at radius 1 is 1.36 bits per heavy atom. The summed E-state index contributed by atoms with van der Waals surface area (Å²) in [7, 11) is -3.42. The van der Waals surface area contributed by atoms with E-state index in [1.807, 2.05) is 12.1 Å². The van der Waals surface area contributed by atoms with Crippen molar-refractivity contribution in [3.05, 3.63) is 41.5 Å². The lowest BCUT2D eigenvalue weighted by atomic mass is 10.0. The molecule has 0 fully saturated rings. The normalized spacial score (nSPS) is 12.5. The van der Waals surface area contributed by atoms with E-state index in [4.69, 9.17) is 10.5 Å². The van der Waals surface area contributed by atoms with E-state index >= 15 is 0 Å². The zero-order valence-corrected chi connectivity index (χ0v) is 13.2. The van der Waals surface area contributed by atoms with Gasteiger partial charge >= 0.3 is 0 Å². The van der Waals surface area contributed by atoms with Gasteiger partial charge in [-0.3, -0.25) is 4.79 Å². The molecule has 0 radical (unpaired) electrons. The van der Waals surface area contributed by atoms with Gasteiger partial charge in [-0.25, -0.2) is 8.42 Å². The zero-order chi connectivity index (χ0) is 16.8. The van der Waals surface area contributed by atoms with Crippen LogP contribution in [-0.2, 0) is 21.1 Å². The largest absolute Gasteiger partial charge is 0.298 e. The van der Waals surface area contributed by atoms with E-state index in [1.54, 1.807) is 18.2 Å². The highest BCUT2D eigenvalue weighted by Crippen LogP contribution is 2.19. The minimum absolute atomic E-state index is 0.142. The average Bonchev–Trinajstić information content (AvgIpc) is 2.45. The Morgan fingerprint density at radius 2 is 2.05 bits per heavy atom. The maximum atomic E-state index is 11.8. The van der Waals surface area contributed by atoms with Gasteiger partial charge in [0, 0.05) is 6.26 Å². The van der Waals surface area contributed by atoms with Crippen LogP contribution >= 0.6 is 0 Å². The fourth-order valence-electron chi connectivity index (χ4n) is 1.92. The first-order valence-corrected chi connectivity index (χ1v) is 8.48. The number of rotatable bonds is 6. The van der Waals surface area contributed by atoms with Crippen LogP contribution in [0.4, 0.5) is 0 Å². The number of aryl methyl sites for hydroxylation is 1. The van der Waals surface area contributed by atoms with E-state index < -0.39 is 15.8 Å². The number of carbonyl (C=O) groups is 1. The monoisotopic (exact) mass is 316 g/mol. The fraction of sp³-hybridized carbons (Fsp3) is 0.312. The van der Waals surface area contributed by atoms with E-state index in [0.717, 1.165) is 6.26 Å². The third-order valence-corrected chi connectivity index (χ3v) is 4.26. The highest BCUT2D eigenvalue weighted by atomic mass is 32.2. The van der Waals surface area contributed by atoms with Crippen LogP contribution in [0.15, 0.2) is 35.2 Å². The molecular weight excluding hydrogens is 300 g/mol. The average molecular weight is 316 g/mol. The second-order valence-electron chi connectivity index (χ2n) is 4.89. The van der Waals surface area contributed by atoms with Gasteiger partial charge in [0.15, 0.2) is 15.6 Å². The van der Waals surface area contributed by atoms with Crippen LogP contribution in [0, 0.1) is 28.6 Å². The van der Waals surface area contributed by atoms with Crippen LogP contribution in [0.3, 0.4) is 0 Å². The number of allylic oxidation sites excluding steroid dienone is 2. The van der Waals surface area contributed by atoms with Crippen molar-refractivity contribution >= 4 is 15.6 Å². The number of Topliss-reactive ketones (excluding diaryl/α,β-unsaturated/α-hetero) is 1. The van der Waals surface area contributed by atoms with E-state index in [2.05, 4.69) is 0 Å². The Labute approximate surface area is 130 Å². The number of hydrogen-bond acceptors (Lipinski definition) is 5. The molecule has 0 saturated heterocycles. The number of nitriles is 2. The summed E-state index contributed by atoms with van der Waals surface area (Å²) in [5.74, 6) is -0.996. The first-order valence-electron chi connectivity index (χ1n) is 6.59. The first kappa shape index (κ1) is 17.6. The zero-order valence-electron chi connectivity index (χ0n) is 12.4. The lowest BCUT2D eigenvalue weighted by molar-refractivity contribution is -0.118. The van der Waals surface area contributed by atoms with Gasteiger partial charge in [-0.15, -0.1) is 0 Å². The third kappa shape index (κ3) is 4.83. The molecule has 6 heteroatoms. The molecule has 0 aromatic heterocycles. The van der Waals surface area contributed by atoms with Crippen LogP contribution in [0.5, 0.6) is 0 Å². The van der Waals surface area contributed by atoms with Gasteiger partial charge in [-0.05, 0) is 37.5 Å². The summed E-state index contributed by atoms with van der Waals surface area (Å²) in [5.41, 5.74) is 0.906. The number of hydrogen-bond donors (Lipinski definition) is 0.